The predicted molar refractivity (Wildman–Crippen MR) is 92.1 cm³/mol. The van der Waals surface area contributed by atoms with Crippen molar-refractivity contribution >= 4 is 39.6 Å². The minimum Gasteiger partial charge on any atom is -0.389 e. The molecule has 0 saturated heterocycles. The Morgan fingerprint density at radius 3 is 2.43 bits per heavy atom. The lowest BCUT2D eigenvalue weighted by Gasteiger charge is -2.20. The van der Waals surface area contributed by atoms with E-state index in [1.165, 1.54) is 0 Å². The van der Waals surface area contributed by atoms with Gasteiger partial charge in [0, 0.05) is 23.7 Å². The predicted octanol–water partition coefficient (Wildman–Crippen LogP) is 3.64. The minimum absolute atomic E-state index is 0.385. The van der Waals surface area contributed by atoms with Crippen LogP contribution in [0.25, 0.3) is 10.9 Å². The van der Waals surface area contributed by atoms with E-state index in [9.17, 15) is 0 Å². The monoisotopic (exact) mass is 293 g/mol. The van der Waals surface area contributed by atoms with Crippen molar-refractivity contribution in [3.63, 3.8) is 0 Å². The number of nitrogens with zero attached hydrogens (tertiary/aromatic N) is 2. The third-order valence-electron chi connectivity index (χ3n) is 3.46. The number of fused-ring (bicyclic) bond motifs is 1. The number of pyridine rings is 1. The number of para-hydroxylation sites is 2. The summed E-state index contributed by atoms with van der Waals surface area (Å²) in [6, 6.07) is 19.9. The van der Waals surface area contributed by atoms with Gasteiger partial charge in [0.1, 0.15) is 10.8 Å². The van der Waals surface area contributed by atoms with Gasteiger partial charge in [0.25, 0.3) is 0 Å². The number of aromatic nitrogens is 1. The molecule has 0 atom stereocenters. The van der Waals surface area contributed by atoms with Crippen LogP contribution in [0.2, 0.25) is 0 Å². The van der Waals surface area contributed by atoms with Crippen LogP contribution in [0.1, 0.15) is 5.56 Å². The standard InChI is InChI=1S/C17H15N3S/c1-20(12-7-3-2-4-8-12)16-11-14(17(18)21)13-9-5-6-10-15(13)19-16/h2-11H,1H3,(H2,18,21). The molecular weight excluding hydrogens is 278 g/mol. The highest BCUT2D eigenvalue weighted by Gasteiger charge is 2.11. The minimum atomic E-state index is 0.385. The van der Waals surface area contributed by atoms with E-state index in [1.807, 2.05) is 72.6 Å². The summed E-state index contributed by atoms with van der Waals surface area (Å²) < 4.78 is 0. The number of anilines is 2. The molecule has 3 rings (SSSR count). The third-order valence-corrected chi connectivity index (χ3v) is 3.68. The summed E-state index contributed by atoms with van der Waals surface area (Å²) in [5, 5.41) is 0.982. The van der Waals surface area contributed by atoms with E-state index < -0.39 is 0 Å². The van der Waals surface area contributed by atoms with Crippen LogP contribution in [0.15, 0.2) is 60.7 Å². The molecule has 0 bridgehead atoms. The van der Waals surface area contributed by atoms with Crippen LogP contribution < -0.4 is 10.6 Å². The maximum absolute atomic E-state index is 5.87. The topological polar surface area (TPSA) is 42.1 Å². The average Bonchev–Trinajstić information content (AvgIpc) is 2.53. The molecule has 2 aromatic carbocycles. The van der Waals surface area contributed by atoms with E-state index >= 15 is 0 Å². The number of rotatable bonds is 3. The summed E-state index contributed by atoms with van der Waals surface area (Å²) in [4.78, 5) is 7.11. The van der Waals surface area contributed by atoms with E-state index in [0.717, 1.165) is 28.0 Å². The zero-order chi connectivity index (χ0) is 14.8. The van der Waals surface area contributed by atoms with Crippen LogP contribution in [0.4, 0.5) is 11.5 Å². The second-order valence-electron chi connectivity index (χ2n) is 4.80. The molecule has 0 saturated carbocycles. The number of hydrogen-bond donors (Lipinski definition) is 1. The van der Waals surface area contributed by atoms with Crippen LogP contribution in [-0.2, 0) is 0 Å². The summed E-state index contributed by atoms with van der Waals surface area (Å²) in [5.41, 5.74) is 8.68. The summed E-state index contributed by atoms with van der Waals surface area (Å²) in [6.45, 7) is 0. The van der Waals surface area contributed by atoms with Gasteiger partial charge < -0.3 is 10.6 Å². The Bertz CT molecular complexity index is 799. The zero-order valence-electron chi connectivity index (χ0n) is 11.7. The highest BCUT2D eigenvalue weighted by molar-refractivity contribution is 7.80. The SMILES string of the molecule is CN(c1ccccc1)c1cc(C(N)=S)c2ccccc2n1. The van der Waals surface area contributed by atoms with Crippen molar-refractivity contribution in [2.24, 2.45) is 5.73 Å². The first-order valence-electron chi connectivity index (χ1n) is 6.65. The van der Waals surface area contributed by atoms with Gasteiger partial charge in [0.2, 0.25) is 0 Å². The molecular formula is C17H15N3S. The van der Waals surface area contributed by atoms with Crippen LogP contribution in [-0.4, -0.2) is 17.0 Å². The van der Waals surface area contributed by atoms with Gasteiger partial charge in [-0.3, -0.25) is 0 Å². The average molecular weight is 293 g/mol. The lowest BCUT2D eigenvalue weighted by molar-refractivity contribution is 1.15. The molecule has 0 spiro atoms. The summed E-state index contributed by atoms with van der Waals surface area (Å²) in [7, 11) is 1.98. The molecule has 0 fully saturated rings. The van der Waals surface area contributed by atoms with E-state index in [1.54, 1.807) is 0 Å². The van der Waals surface area contributed by atoms with E-state index in [4.69, 9.17) is 22.9 Å². The quantitative estimate of drug-likeness (QED) is 0.749. The zero-order valence-corrected chi connectivity index (χ0v) is 12.5. The maximum atomic E-state index is 5.87. The van der Waals surface area contributed by atoms with Gasteiger partial charge in [-0.1, -0.05) is 48.6 Å². The molecule has 1 aromatic heterocycles. The first-order valence-corrected chi connectivity index (χ1v) is 7.06. The number of nitrogens with two attached hydrogens (primary N) is 1. The Hall–Kier alpha value is -2.46. The highest BCUT2D eigenvalue weighted by atomic mass is 32.1. The Kier molecular flexibility index (Phi) is 3.54. The number of benzene rings is 2. The van der Waals surface area contributed by atoms with Crippen LogP contribution >= 0.6 is 12.2 Å². The van der Waals surface area contributed by atoms with Crippen LogP contribution in [0.5, 0.6) is 0 Å². The van der Waals surface area contributed by atoms with Crippen molar-refractivity contribution in [3.05, 3.63) is 66.2 Å². The molecule has 2 N–H and O–H groups in total. The molecule has 104 valence electrons. The van der Waals surface area contributed by atoms with Crippen molar-refractivity contribution in [3.8, 4) is 0 Å². The van der Waals surface area contributed by atoms with Crippen molar-refractivity contribution in [1.82, 2.24) is 4.98 Å². The van der Waals surface area contributed by atoms with Gasteiger partial charge in [0.05, 0.1) is 5.52 Å². The van der Waals surface area contributed by atoms with Gasteiger partial charge in [-0.15, -0.1) is 0 Å². The molecule has 3 aromatic rings. The Balaban J connectivity index is 2.18. The Morgan fingerprint density at radius 1 is 1.05 bits per heavy atom. The molecule has 21 heavy (non-hydrogen) atoms. The van der Waals surface area contributed by atoms with E-state index in [0.29, 0.717) is 4.99 Å². The van der Waals surface area contributed by atoms with Crippen molar-refractivity contribution in [1.29, 1.82) is 0 Å². The first kappa shape index (κ1) is 13.5. The fraction of sp³-hybridized carbons (Fsp3) is 0.0588. The molecule has 3 nitrogen and oxygen atoms in total. The summed E-state index contributed by atoms with van der Waals surface area (Å²) in [6.07, 6.45) is 0. The molecule has 4 heteroatoms. The maximum Gasteiger partial charge on any atom is 0.134 e. The molecule has 0 aliphatic heterocycles. The first-order chi connectivity index (χ1) is 10.2. The van der Waals surface area contributed by atoms with Crippen molar-refractivity contribution in [2.45, 2.75) is 0 Å². The largest absolute Gasteiger partial charge is 0.389 e. The molecule has 0 amide bonds. The van der Waals surface area contributed by atoms with Crippen molar-refractivity contribution in [2.75, 3.05) is 11.9 Å². The van der Waals surface area contributed by atoms with Gasteiger partial charge in [0.15, 0.2) is 0 Å². The molecule has 0 radical (unpaired) electrons. The highest BCUT2D eigenvalue weighted by Crippen LogP contribution is 2.26. The van der Waals surface area contributed by atoms with Gasteiger partial charge in [-0.25, -0.2) is 4.98 Å². The smallest absolute Gasteiger partial charge is 0.134 e. The fourth-order valence-corrected chi connectivity index (χ4v) is 2.49. The lowest BCUT2D eigenvalue weighted by atomic mass is 10.1. The molecule has 0 aliphatic carbocycles. The third kappa shape index (κ3) is 2.58. The summed E-state index contributed by atoms with van der Waals surface area (Å²) >= 11 is 5.18. The fourth-order valence-electron chi connectivity index (χ4n) is 2.32. The number of thiocarbonyl (C=S) groups is 1. The Morgan fingerprint density at radius 2 is 1.71 bits per heavy atom. The van der Waals surface area contributed by atoms with Crippen LogP contribution in [0.3, 0.4) is 0 Å². The second kappa shape index (κ2) is 5.50. The molecule has 0 aliphatic rings. The van der Waals surface area contributed by atoms with Gasteiger partial charge in [-0.05, 0) is 24.3 Å². The molecule has 1 heterocycles. The lowest BCUT2D eigenvalue weighted by Crippen LogP contribution is -2.15. The van der Waals surface area contributed by atoms with E-state index in [2.05, 4.69) is 0 Å². The molecule has 0 unspecified atom stereocenters. The van der Waals surface area contributed by atoms with Crippen molar-refractivity contribution < 1.29 is 0 Å². The normalized spacial score (nSPS) is 10.5. The second-order valence-corrected chi connectivity index (χ2v) is 5.24. The number of hydrogen-bond acceptors (Lipinski definition) is 3. The van der Waals surface area contributed by atoms with Crippen LogP contribution in [0, 0.1) is 0 Å². The summed E-state index contributed by atoms with van der Waals surface area (Å²) in [5.74, 6) is 0.822. The Labute approximate surface area is 129 Å². The van der Waals surface area contributed by atoms with E-state index in [-0.39, 0.29) is 0 Å². The van der Waals surface area contributed by atoms with Gasteiger partial charge >= 0.3 is 0 Å². The van der Waals surface area contributed by atoms with Gasteiger partial charge in [-0.2, -0.15) is 0 Å².